The number of ether oxygens (including phenoxy) is 1. The highest BCUT2D eigenvalue weighted by atomic mass is 16.5. The average molecular weight is 329 g/mol. The fourth-order valence-corrected chi connectivity index (χ4v) is 3.04. The van der Waals surface area contributed by atoms with Gasteiger partial charge >= 0.3 is 5.97 Å². The van der Waals surface area contributed by atoms with Gasteiger partial charge in [-0.1, -0.05) is 0 Å². The predicted octanol–water partition coefficient (Wildman–Crippen LogP) is 2.07. The van der Waals surface area contributed by atoms with E-state index >= 15 is 0 Å². The molecule has 0 saturated heterocycles. The van der Waals surface area contributed by atoms with Gasteiger partial charge in [0.2, 0.25) is 0 Å². The summed E-state index contributed by atoms with van der Waals surface area (Å²) in [6.45, 7) is 0. The number of H-pyrrole nitrogens is 1. The first-order chi connectivity index (χ1) is 11.6. The van der Waals surface area contributed by atoms with Gasteiger partial charge in [0.25, 0.3) is 5.91 Å². The topological polar surface area (TPSA) is 104 Å². The largest absolute Gasteiger partial charge is 0.497 e. The summed E-state index contributed by atoms with van der Waals surface area (Å²) in [6, 6.07) is 7.20. The molecule has 2 aromatic rings. The van der Waals surface area contributed by atoms with E-state index in [0.29, 0.717) is 30.5 Å². The van der Waals surface area contributed by atoms with Gasteiger partial charge in [-0.2, -0.15) is 5.10 Å². The van der Waals surface area contributed by atoms with Gasteiger partial charge in [0.05, 0.1) is 30.5 Å². The zero-order valence-corrected chi connectivity index (χ0v) is 13.3. The molecule has 1 amide bonds. The summed E-state index contributed by atoms with van der Waals surface area (Å²) in [5, 5.41) is 18.8. The van der Waals surface area contributed by atoms with E-state index in [1.54, 1.807) is 7.11 Å². The highest BCUT2D eigenvalue weighted by Gasteiger charge is 2.31. The zero-order chi connectivity index (χ0) is 17.1. The van der Waals surface area contributed by atoms with Crippen LogP contribution in [-0.4, -0.2) is 40.3 Å². The van der Waals surface area contributed by atoms with Crippen LogP contribution in [-0.2, 0) is 4.79 Å². The first-order valence-electron chi connectivity index (χ1n) is 7.80. The number of aromatic nitrogens is 2. The van der Waals surface area contributed by atoms with Gasteiger partial charge in [-0.15, -0.1) is 0 Å². The van der Waals surface area contributed by atoms with Crippen LogP contribution in [0.5, 0.6) is 5.75 Å². The number of nitrogens with zero attached hydrogens (tertiary/aromatic N) is 1. The fraction of sp³-hybridized carbons (Fsp3) is 0.353. The molecule has 3 rings (SSSR count). The molecule has 1 fully saturated rings. The van der Waals surface area contributed by atoms with Crippen LogP contribution < -0.4 is 10.1 Å². The number of carboxylic acids is 1. The number of nitrogens with one attached hydrogen (secondary N) is 2. The zero-order valence-electron chi connectivity index (χ0n) is 13.3. The molecule has 1 aliphatic carbocycles. The van der Waals surface area contributed by atoms with Crippen molar-refractivity contribution >= 4 is 11.9 Å². The van der Waals surface area contributed by atoms with E-state index in [0.717, 1.165) is 11.3 Å². The Balaban J connectivity index is 1.72. The van der Waals surface area contributed by atoms with E-state index in [-0.39, 0.29) is 17.9 Å². The molecule has 1 aromatic carbocycles. The first-order valence-corrected chi connectivity index (χ1v) is 7.80. The van der Waals surface area contributed by atoms with Crippen molar-refractivity contribution in [3.63, 3.8) is 0 Å². The van der Waals surface area contributed by atoms with Crippen LogP contribution in [0.4, 0.5) is 0 Å². The number of carboxylic acid groups (broad SMARTS) is 1. The molecule has 126 valence electrons. The van der Waals surface area contributed by atoms with Crippen LogP contribution in [0.3, 0.4) is 0 Å². The molecule has 1 heterocycles. The molecule has 0 radical (unpaired) electrons. The normalized spacial score (nSPS) is 19.9. The Morgan fingerprint density at radius 2 is 2.04 bits per heavy atom. The van der Waals surface area contributed by atoms with Crippen LogP contribution >= 0.6 is 0 Å². The highest BCUT2D eigenvalue weighted by Crippen LogP contribution is 2.27. The molecule has 7 heteroatoms. The monoisotopic (exact) mass is 329 g/mol. The lowest BCUT2D eigenvalue weighted by Crippen LogP contribution is -2.33. The van der Waals surface area contributed by atoms with Crippen molar-refractivity contribution in [1.29, 1.82) is 0 Å². The van der Waals surface area contributed by atoms with E-state index in [1.165, 1.54) is 6.20 Å². The van der Waals surface area contributed by atoms with Gasteiger partial charge in [0.1, 0.15) is 5.75 Å². The predicted molar refractivity (Wildman–Crippen MR) is 86.8 cm³/mol. The Kier molecular flexibility index (Phi) is 4.50. The van der Waals surface area contributed by atoms with Crippen molar-refractivity contribution in [3.8, 4) is 17.0 Å². The quantitative estimate of drug-likeness (QED) is 0.779. The minimum Gasteiger partial charge on any atom is -0.497 e. The molecule has 0 unspecified atom stereocenters. The number of carbonyl (C=O) groups is 2. The molecular formula is C17H19N3O4. The van der Waals surface area contributed by atoms with Crippen molar-refractivity contribution in [3.05, 3.63) is 36.0 Å². The third-order valence-electron chi connectivity index (χ3n) is 4.38. The second-order valence-corrected chi connectivity index (χ2v) is 5.91. The molecular weight excluding hydrogens is 310 g/mol. The fourth-order valence-electron chi connectivity index (χ4n) is 3.04. The summed E-state index contributed by atoms with van der Waals surface area (Å²) in [6.07, 6.45) is 3.23. The lowest BCUT2D eigenvalue weighted by atomic mass is 10.1. The summed E-state index contributed by atoms with van der Waals surface area (Å²) in [7, 11) is 1.59. The third-order valence-corrected chi connectivity index (χ3v) is 4.38. The number of hydrogen-bond donors (Lipinski definition) is 3. The van der Waals surface area contributed by atoms with Gasteiger partial charge in [-0.05, 0) is 43.5 Å². The first kappa shape index (κ1) is 16.0. The number of hydrogen-bond acceptors (Lipinski definition) is 4. The van der Waals surface area contributed by atoms with Crippen LogP contribution in [0.1, 0.15) is 29.6 Å². The van der Waals surface area contributed by atoms with E-state index in [2.05, 4.69) is 15.5 Å². The number of aliphatic carboxylic acids is 1. The maximum Gasteiger partial charge on any atom is 0.306 e. The maximum absolute atomic E-state index is 12.5. The van der Waals surface area contributed by atoms with Crippen molar-refractivity contribution < 1.29 is 19.4 Å². The minimum absolute atomic E-state index is 0.114. The SMILES string of the molecule is COc1ccc(-c2[nH]ncc2C(=O)N[C@@H]2CC[C@H](C(=O)O)C2)cc1. The molecule has 24 heavy (non-hydrogen) atoms. The van der Waals surface area contributed by atoms with Gasteiger partial charge in [0, 0.05) is 11.6 Å². The molecule has 3 N–H and O–H groups in total. The van der Waals surface area contributed by atoms with Crippen LogP contribution in [0.15, 0.2) is 30.5 Å². The Morgan fingerprint density at radius 3 is 2.67 bits per heavy atom. The Labute approximate surface area is 139 Å². The lowest BCUT2D eigenvalue weighted by molar-refractivity contribution is -0.141. The van der Waals surface area contributed by atoms with Crippen LogP contribution in [0.25, 0.3) is 11.3 Å². The van der Waals surface area contributed by atoms with Crippen LogP contribution in [0.2, 0.25) is 0 Å². The summed E-state index contributed by atoms with van der Waals surface area (Å²) >= 11 is 0. The minimum atomic E-state index is -0.797. The Hall–Kier alpha value is -2.83. The van der Waals surface area contributed by atoms with Gasteiger partial charge in [-0.25, -0.2) is 0 Å². The van der Waals surface area contributed by atoms with Gasteiger partial charge < -0.3 is 15.2 Å². The molecule has 0 spiro atoms. The number of amides is 1. The standard InChI is InChI=1S/C17H19N3O4/c1-24-13-6-3-10(4-7-13)15-14(9-18-20-15)16(21)19-12-5-2-11(8-12)17(22)23/h3-4,6-7,9,11-12H,2,5,8H2,1H3,(H,18,20)(H,19,21)(H,22,23)/t11-,12+/m0/s1. The second-order valence-electron chi connectivity index (χ2n) is 5.91. The average Bonchev–Trinajstić information content (AvgIpc) is 3.24. The van der Waals surface area contributed by atoms with Gasteiger partial charge in [0.15, 0.2) is 0 Å². The summed E-state index contributed by atoms with van der Waals surface area (Å²) < 4.78 is 5.13. The second kappa shape index (κ2) is 6.74. The number of carbonyl (C=O) groups excluding carboxylic acids is 1. The number of rotatable bonds is 5. The molecule has 2 atom stereocenters. The number of methoxy groups -OCH3 is 1. The number of aromatic amines is 1. The Bertz CT molecular complexity index is 739. The van der Waals surface area contributed by atoms with Crippen molar-refractivity contribution in [2.24, 2.45) is 5.92 Å². The number of benzene rings is 1. The van der Waals surface area contributed by atoms with Crippen molar-refractivity contribution in [2.45, 2.75) is 25.3 Å². The summed E-state index contributed by atoms with van der Waals surface area (Å²) in [4.78, 5) is 23.5. The van der Waals surface area contributed by atoms with Crippen molar-refractivity contribution in [1.82, 2.24) is 15.5 Å². The molecule has 1 aliphatic rings. The third kappa shape index (κ3) is 3.24. The van der Waals surface area contributed by atoms with E-state index in [4.69, 9.17) is 9.84 Å². The Morgan fingerprint density at radius 1 is 1.29 bits per heavy atom. The van der Waals surface area contributed by atoms with E-state index < -0.39 is 5.97 Å². The molecule has 1 aromatic heterocycles. The summed E-state index contributed by atoms with van der Waals surface area (Å²) in [5.74, 6) is -0.685. The molecule has 0 aliphatic heterocycles. The summed E-state index contributed by atoms with van der Waals surface area (Å²) in [5.41, 5.74) is 1.90. The van der Waals surface area contributed by atoms with Crippen LogP contribution in [0, 0.1) is 5.92 Å². The highest BCUT2D eigenvalue weighted by molar-refractivity contribution is 6.00. The molecule has 1 saturated carbocycles. The maximum atomic E-state index is 12.5. The van der Waals surface area contributed by atoms with Gasteiger partial charge in [-0.3, -0.25) is 14.7 Å². The lowest BCUT2D eigenvalue weighted by Gasteiger charge is -2.12. The molecule has 0 bridgehead atoms. The van der Waals surface area contributed by atoms with E-state index in [9.17, 15) is 9.59 Å². The molecule has 7 nitrogen and oxygen atoms in total. The smallest absolute Gasteiger partial charge is 0.306 e. The van der Waals surface area contributed by atoms with Crippen molar-refractivity contribution in [2.75, 3.05) is 7.11 Å². The van der Waals surface area contributed by atoms with E-state index in [1.807, 2.05) is 24.3 Å².